The molecule has 2 heterocycles. The highest BCUT2D eigenvalue weighted by molar-refractivity contribution is 6.33. The number of amides is 1. The number of aryl methyl sites for hydroxylation is 2. The van der Waals surface area contributed by atoms with Crippen molar-refractivity contribution < 1.29 is 9.53 Å². The average molecular weight is 408 g/mol. The van der Waals surface area contributed by atoms with Gasteiger partial charge in [-0.05, 0) is 32.0 Å². The Labute approximate surface area is 172 Å². The number of anilines is 1. The van der Waals surface area contributed by atoms with Crippen LogP contribution in [0, 0.1) is 13.8 Å². The number of carbonyl (C=O) groups excluding carboxylic acids is 1. The van der Waals surface area contributed by atoms with E-state index in [4.69, 9.17) is 16.3 Å². The summed E-state index contributed by atoms with van der Waals surface area (Å²) >= 11 is 6.13. The number of fused-ring (bicyclic) bond motifs is 1. The van der Waals surface area contributed by atoms with Crippen LogP contribution in [0.5, 0.6) is 5.75 Å². The smallest absolute Gasteiger partial charge is 0.278 e. The molecule has 0 aliphatic heterocycles. The van der Waals surface area contributed by atoms with E-state index >= 15 is 0 Å². The SMILES string of the molecule is COc1ccccc1-c1c(C)nn2c(C)c(C(=O)Nc3ccccc3Cl)nnc12. The summed E-state index contributed by atoms with van der Waals surface area (Å²) in [6.45, 7) is 3.67. The molecule has 0 spiro atoms. The third kappa shape index (κ3) is 3.30. The highest BCUT2D eigenvalue weighted by atomic mass is 35.5. The van der Waals surface area contributed by atoms with Crippen LogP contribution in [0.4, 0.5) is 5.69 Å². The van der Waals surface area contributed by atoms with Crippen molar-refractivity contribution in [3.63, 3.8) is 0 Å². The van der Waals surface area contributed by atoms with E-state index < -0.39 is 5.91 Å². The van der Waals surface area contributed by atoms with Gasteiger partial charge in [0.15, 0.2) is 11.3 Å². The molecular weight excluding hydrogens is 390 g/mol. The lowest BCUT2D eigenvalue weighted by Crippen LogP contribution is -2.18. The van der Waals surface area contributed by atoms with E-state index in [1.165, 1.54) is 0 Å². The zero-order valence-electron chi connectivity index (χ0n) is 16.1. The molecule has 4 rings (SSSR count). The van der Waals surface area contributed by atoms with E-state index in [2.05, 4.69) is 20.6 Å². The van der Waals surface area contributed by atoms with Crippen molar-refractivity contribution in [3.8, 4) is 16.9 Å². The fourth-order valence-electron chi connectivity index (χ4n) is 3.23. The molecule has 0 radical (unpaired) electrons. The van der Waals surface area contributed by atoms with Crippen molar-refractivity contribution in [1.29, 1.82) is 0 Å². The van der Waals surface area contributed by atoms with Crippen LogP contribution in [0.3, 0.4) is 0 Å². The number of benzene rings is 2. The second-order valence-corrected chi connectivity index (χ2v) is 6.87. The Balaban J connectivity index is 1.80. The lowest BCUT2D eigenvalue weighted by Gasteiger charge is -2.09. The molecular formula is C21H18ClN5O2. The van der Waals surface area contributed by atoms with Gasteiger partial charge in [-0.15, -0.1) is 10.2 Å². The Morgan fingerprint density at radius 2 is 1.79 bits per heavy atom. The standard InChI is InChI=1S/C21H18ClN5O2/c1-12-18(14-8-4-7-11-17(14)29-3)20-25-24-19(13(2)27(20)26-12)21(28)23-16-10-6-5-9-15(16)22/h4-11H,1-3H3,(H,23,28). The summed E-state index contributed by atoms with van der Waals surface area (Å²) in [5.74, 6) is 0.308. The molecule has 4 aromatic rings. The number of nitrogens with zero attached hydrogens (tertiary/aromatic N) is 4. The van der Waals surface area contributed by atoms with E-state index in [-0.39, 0.29) is 5.69 Å². The lowest BCUT2D eigenvalue weighted by molar-refractivity contribution is 0.102. The number of carbonyl (C=O) groups is 1. The number of hydrogen-bond donors (Lipinski definition) is 1. The molecule has 2 aromatic carbocycles. The normalized spacial score (nSPS) is 10.9. The zero-order valence-corrected chi connectivity index (χ0v) is 16.9. The van der Waals surface area contributed by atoms with Crippen molar-refractivity contribution in [1.82, 2.24) is 19.8 Å². The van der Waals surface area contributed by atoms with Crippen LogP contribution in [-0.4, -0.2) is 32.8 Å². The van der Waals surface area contributed by atoms with Crippen LogP contribution in [0.2, 0.25) is 5.02 Å². The van der Waals surface area contributed by atoms with Crippen molar-refractivity contribution in [3.05, 3.63) is 70.6 Å². The molecule has 0 aliphatic rings. The quantitative estimate of drug-likeness (QED) is 0.544. The van der Waals surface area contributed by atoms with Crippen LogP contribution >= 0.6 is 11.6 Å². The summed E-state index contributed by atoms with van der Waals surface area (Å²) in [5.41, 5.74) is 4.25. The molecule has 0 fully saturated rings. The highest BCUT2D eigenvalue weighted by Gasteiger charge is 2.22. The van der Waals surface area contributed by atoms with E-state index in [0.29, 0.717) is 27.8 Å². The lowest BCUT2D eigenvalue weighted by atomic mass is 10.1. The number of methoxy groups -OCH3 is 1. The van der Waals surface area contributed by atoms with Gasteiger partial charge in [0, 0.05) is 5.56 Å². The van der Waals surface area contributed by atoms with Crippen LogP contribution in [0.15, 0.2) is 48.5 Å². The molecule has 0 atom stereocenters. The second-order valence-electron chi connectivity index (χ2n) is 6.46. The maximum atomic E-state index is 12.8. The summed E-state index contributed by atoms with van der Waals surface area (Å²) in [5, 5.41) is 16.3. The number of para-hydroxylation sites is 2. The van der Waals surface area contributed by atoms with Gasteiger partial charge in [0.05, 0.1) is 34.8 Å². The topological polar surface area (TPSA) is 81.4 Å². The Bertz CT molecular complexity index is 1240. The predicted molar refractivity (Wildman–Crippen MR) is 112 cm³/mol. The van der Waals surface area contributed by atoms with Crippen molar-refractivity contribution in [2.45, 2.75) is 13.8 Å². The van der Waals surface area contributed by atoms with E-state index in [0.717, 1.165) is 16.8 Å². The molecule has 8 heteroatoms. The third-order valence-corrected chi connectivity index (χ3v) is 4.98. The minimum absolute atomic E-state index is 0.173. The molecule has 1 amide bonds. The molecule has 1 N–H and O–H groups in total. The Kier molecular flexibility index (Phi) is 4.90. The monoisotopic (exact) mass is 407 g/mol. The van der Waals surface area contributed by atoms with Crippen LogP contribution in [-0.2, 0) is 0 Å². The number of hydrogen-bond acceptors (Lipinski definition) is 5. The van der Waals surface area contributed by atoms with Gasteiger partial charge in [0.25, 0.3) is 5.91 Å². The van der Waals surface area contributed by atoms with Crippen molar-refractivity contribution >= 4 is 28.8 Å². The summed E-state index contributed by atoms with van der Waals surface area (Å²) in [6, 6.07) is 14.7. The zero-order chi connectivity index (χ0) is 20.5. The molecule has 0 aliphatic carbocycles. The molecule has 29 heavy (non-hydrogen) atoms. The maximum absolute atomic E-state index is 12.8. The van der Waals surface area contributed by atoms with Gasteiger partial charge >= 0.3 is 0 Å². The van der Waals surface area contributed by atoms with Gasteiger partial charge in [-0.2, -0.15) is 5.10 Å². The van der Waals surface area contributed by atoms with Gasteiger partial charge in [-0.3, -0.25) is 4.79 Å². The first-order valence-corrected chi connectivity index (χ1v) is 9.31. The van der Waals surface area contributed by atoms with Gasteiger partial charge in [-0.1, -0.05) is 41.9 Å². The number of ether oxygens (including phenoxy) is 1. The molecule has 2 aromatic heterocycles. The molecule has 7 nitrogen and oxygen atoms in total. The van der Waals surface area contributed by atoms with Crippen molar-refractivity contribution in [2.75, 3.05) is 12.4 Å². The predicted octanol–water partition coefficient (Wildman–Crippen LogP) is 4.32. The minimum Gasteiger partial charge on any atom is -0.496 e. The number of nitrogens with one attached hydrogen (secondary N) is 1. The molecule has 0 saturated carbocycles. The van der Waals surface area contributed by atoms with Gasteiger partial charge in [0.1, 0.15) is 5.75 Å². The first-order chi connectivity index (χ1) is 14.0. The largest absolute Gasteiger partial charge is 0.496 e. The number of rotatable bonds is 4. The second kappa shape index (κ2) is 7.52. The molecule has 0 unspecified atom stereocenters. The molecule has 146 valence electrons. The summed E-state index contributed by atoms with van der Waals surface area (Å²) < 4.78 is 7.11. The fraction of sp³-hybridized carbons (Fsp3) is 0.143. The third-order valence-electron chi connectivity index (χ3n) is 4.65. The first-order valence-electron chi connectivity index (χ1n) is 8.93. The molecule has 0 bridgehead atoms. The van der Waals surface area contributed by atoms with E-state index in [9.17, 15) is 4.79 Å². The van der Waals surface area contributed by atoms with Gasteiger partial charge in [0.2, 0.25) is 0 Å². The summed E-state index contributed by atoms with van der Waals surface area (Å²) in [4.78, 5) is 12.8. The average Bonchev–Trinajstić information content (AvgIpc) is 3.06. The van der Waals surface area contributed by atoms with Crippen LogP contribution in [0.1, 0.15) is 21.9 Å². The van der Waals surface area contributed by atoms with E-state index in [1.807, 2.05) is 31.2 Å². The Morgan fingerprint density at radius 1 is 1.07 bits per heavy atom. The molecule has 0 saturated heterocycles. The summed E-state index contributed by atoms with van der Waals surface area (Å²) in [6.07, 6.45) is 0. The first kappa shape index (κ1) is 18.9. The van der Waals surface area contributed by atoms with Gasteiger partial charge in [-0.25, -0.2) is 4.52 Å². The maximum Gasteiger partial charge on any atom is 0.278 e. The Morgan fingerprint density at radius 3 is 2.55 bits per heavy atom. The fourth-order valence-corrected chi connectivity index (χ4v) is 3.41. The number of halogens is 1. The minimum atomic E-state index is -0.406. The van der Waals surface area contributed by atoms with Crippen molar-refractivity contribution in [2.24, 2.45) is 0 Å². The Hall–Kier alpha value is -3.45. The van der Waals surface area contributed by atoms with Crippen LogP contribution < -0.4 is 10.1 Å². The van der Waals surface area contributed by atoms with Crippen LogP contribution in [0.25, 0.3) is 16.8 Å². The summed E-state index contributed by atoms with van der Waals surface area (Å²) in [7, 11) is 1.62. The van der Waals surface area contributed by atoms with E-state index in [1.54, 1.807) is 42.8 Å². The number of aromatic nitrogens is 4. The highest BCUT2D eigenvalue weighted by Crippen LogP contribution is 2.34. The van der Waals surface area contributed by atoms with Gasteiger partial charge < -0.3 is 10.1 Å².